The number of aryl methyl sites for hydroxylation is 1. The summed E-state index contributed by atoms with van der Waals surface area (Å²) in [7, 11) is 0. The van der Waals surface area contributed by atoms with Crippen molar-refractivity contribution in [1.82, 2.24) is 4.98 Å². The topological polar surface area (TPSA) is 27.8 Å². The molecule has 1 unspecified atom stereocenters. The van der Waals surface area contributed by atoms with E-state index in [1.807, 2.05) is 13.0 Å². The molecule has 3 aromatic rings. The molecule has 2 nitrogen and oxygen atoms in total. The largest absolute Gasteiger partial charge is 0.377 e. The van der Waals surface area contributed by atoms with E-state index in [0.29, 0.717) is 0 Å². The number of aromatic amines is 1. The van der Waals surface area contributed by atoms with Crippen LogP contribution in [-0.4, -0.2) is 4.98 Å². The summed E-state index contributed by atoms with van der Waals surface area (Å²) in [5.74, 6) is 0. The van der Waals surface area contributed by atoms with Gasteiger partial charge in [-0.1, -0.05) is 68.1 Å². The fourth-order valence-corrected chi connectivity index (χ4v) is 4.30. The van der Waals surface area contributed by atoms with Crippen molar-refractivity contribution in [2.75, 3.05) is 5.32 Å². The van der Waals surface area contributed by atoms with Crippen LogP contribution >= 0.6 is 0 Å². The molecular formula is C26H28N2. The van der Waals surface area contributed by atoms with E-state index in [-0.39, 0.29) is 6.04 Å². The molecule has 2 N–H and O–H groups in total. The van der Waals surface area contributed by atoms with Crippen molar-refractivity contribution in [2.45, 2.75) is 39.7 Å². The van der Waals surface area contributed by atoms with Gasteiger partial charge in [-0.25, -0.2) is 0 Å². The van der Waals surface area contributed by atoms with Gasteiger partial charge in [0.15, 0.2) is 0 Å². The molecule has 2 heteroatoms. The zero-order valence-corrected chi connectivity index (χ0v) is 17.0. The molecule has 0 bridgehead atoms. The van der Waals surface area contributed by atoms with Crippen LogP contribution in [0.3, 0.4) is 0 Å². The van der Waals surface area contributed by atoms with Gasteiger partial charge >= 0.3 is 0 Å². The van der Waals surface area contributed by atoms with E-state index in [9.17, 15) is 0 Å². The minimum atomic E-state index is 0.282. The number of aromatic nitrogens is 1. The predicted molar refractivity (Wildman–Crippen MR) is 123 cm³/mol. The van der Waals surface area contributed by atoms with E-state index in [1.54, 1.807) is 0 Å². The van der Waals surface area contributed by atoms with Gasteiger partial charge in [-0.2, -0.15) is 0 Å². The minimum absolute atomic E-state index is 0.282. The highest BCUT2D eigenvalue weighted by molar-refractivity contribution is 5.86. The average molecular weight is 369 g/mol. The van der Waals surface area contributed by atoms with Gasteiger partial charge in [-0.15, -0.1) is 0 Å². The molecule has 142 valence electrons. The monoisotopic (exact) mass is 368 g/mol. The fourth-order valence-electron chi connectivity index (χ4n) is 4.30. The fraction of sp³-hybridized carbons (Fsp3) is 0.231. The second kappa shape index (κ2) is 7.55. The number of hydrogen-bond donors (Lipinski definition) is 2. The third kappa shape index (κ3) is 2.99. The molecule has 4 rings (SSSR count). The summed E-state index contributed by atoms with van der Waals surface area (Å²) >= 11 is 0. The van der Waals surface area contributed by atoms with Crippen LogP contribution in [-0.2, 0) is 12.8 Å². The molecule has 1 aliphatic rings. The van der Waals surface area contributed by atoms with Crippen molar-refractivity contribution < 1.29 is 0 Å². The molecule has 1 aromatic heterocycles. The molecule has 0 radical (unpaired) electrons. The Morgan fingerprint density at radius 2 is 2.00 bits per heavy atom. The first-order valence-corrected chi connectivity index (χ1v) is 10.1. The lowest BCUT2D eigenvalue weighted by atomic mass is 9.97. The Kier molecular flexibility index (Phi) is 4.95. The second-order valence-electron chi connectivity index (χ2n) is 7.42. The van der Waals surface area contributed by atoms with Gasteiger partial charge in [0.2, 0.25) is 0 Å². The summed E-state index contributed by atoms with van der Waals surface area (Å²) in [5, 5.41) is 7.31. The molecule has 0 spiro atoms. The molecule has 0 aliphatic carbocycles. The summed E-state index contributed by atoms with van der Waals surface area (Å²) in [4.78, 5) is 3.51. The molecule has 0 fully saturated rings. The van der Waals surface area contributed by atoms with Crippen LogP contribution in [0.1, 0.15) is 49.1 Å². The summed E-state index contributed by atoms with van der Waals surface area (Å²) in [6, 6.07) is 9.18. The van der Waals surface area contributed by atoms with Crippen LogP contribution in [0.5, 0.6) is 0 Å². The molecule has 0 saturated heterocycles. The minimum Gasteiger partial charge on any atom is -0.377 e. The van der Waals surface area contributed by atoms with Gasteiger partial charge in [0.1, 0.15) is 0 Å². The van der Waals surface area contributed by atoms with Crippen LogP contribution in [0.15, 0.2) is 48.7 Å². The normalized spacial score (nSPS) is 17.1. The average Bonchev–Trinajstić information content (AvgIpc) is 3.31. The molecular weight excluding hydrogens is 340 g/mol. The van der Waals surface area contributed by atoms with Crippen LogP contribution in [0.25, 0.3) is 29.6 Å². The lowest BCUT2D eigenvalue weighted by Gasteiger charge is -2.13. The van der Waals surface area contributed by atoms with Gasteiger partial charge in [-0.3, -0.25) is 0 Å². The number of fused-ring (bicyclic) bond motifs is 2. The number of hydrogen-bond acceptors (Lipinski definition) is 1. The lowest BCUT2D eigenvalue weighted by molar-refractivity contribution is 0.832. The molecule has 2 aromatic carbocycles. The first-order valence-electron chi connectivity index (χ1n) is 10.1. The maximum absolute atomic E-state index is 4.21. The van der Waals surface area contributed by atoms with Crippen LogP contribution in [0.2, 0.25) is 0 Å². The van der Waals surface area contributed by atoms with Crippen molar-refractivity contribution in [3.63, 3.8) is 0 Å². The van der Waals surface area contributed by atoms with Crippen molar-refractivity contribution >= 4 is 35.3 Å². The number of H-pyrrole nitrogens is 1. The van der Waals surface area contributed by atoms with E-state index < -0.39 is 0 Å². The zero-order chi connectivity index (χ0) is 19.7. The summed E-state index contributed by atoms with van der Waals surface area (Å²) in [6.07, 6.45) is 14.8. The van der Waals surface area contributed by atoms with Crippen LogP contribution < -0.4 is 15.8 Å². The first-order chi connectivity index (χ1) is 13.7. The Hall–Kier alpha value is -3.00. The quantitative estimate of drug-likeness (QED) is 0.647. The number of rotatable bonds is 4. The smallest absolute Gasteiger partial charge is 0.0576 e. The summed E-state index contributed by atoms with van der Waals surface area (Å²) in [5.41, 5.74) is 7.93. The SMILES string of the molecule is C=c1ccc2c(C3Cc4ccc(CC)c(/C=C\C)c4N3)c[nH]c2/c1=C/C=C\C. The first kappa shape index (κ1) is 18.4. The number of benzene rings is 2. The van der Waals surface area contributed by atoms with Gasteiger partial charge in [0, 0.05) is 28.1 Å². The van der Waals surface area contributed by atoms with Crippen LogP contribution in [0, 0.1) is 0 Å². The van der Waals surface area contributed by atoms with E-state index in [0.717, 1.165) is 18.1 Å². The summed E-state index contributed by atoms with van der Waals surface area (Å²) < 4.78 is 0. The number of allylic oxidation sites excluding steroid dienone is 3. The number of anilines is 1. The van der Waals surface area contributed by atoms with E-state index >= 15 is 0 Å². The molecule has 28 heavy (non-hydrogen) atoms. The molecule has 1 atom stereocenters. The lowest BCUT2D eigenvalue weighted by Crippen LogP contribution is -2.23. The third-order valence-corrected chi connectivity index (χ3v) is 5.73. The molecule has 0 amide bonds. The van der Waals surface area contributed by atoms with E-state index in [4.69, 9.17) is 0 Å². The van der Waals surface area contributed by atoms with E-state index in [1.165, 1.54) is 44.1 Å². The van der Waals surface area contributed by atoms with Crippen molar-refractivity contribution in [3.05, 3.63) is 81.4 Å². The molecule has 2 heterocycles. The Balaban J connectivity index is 1.80. The second-order valence-corrected chi connectivity index (χ2v) is 7.42. The molecule has 0 saturated carbocycles. The summed E-state index contributed by atoms with van der Waals surface area (Å²) in [6.45, 7) is 10.5. The van der Waals surface area contributed by atoms with Crippen molar-refractivity contribution in [3.8, 4) is 0 Å². The number of nitrogens with one attached hydrogen (secondary N) is 2. The Morgan fingerprint density at radius 3 is 2.75 bits per heavy atom. The Bertz CT molecular complexity index is 1190. The highest BCUT2D eigenvalue weighted by atomic mass is 15.0. The van der Waals surface area contributed by atoms with Gasteiger partial charge < -0.3 is 10.3 Å². The highest BCUT2D eigenvalue weighted by Gasteiger charge is 2.26. The maximum atomic E-state index is 4.21. The highest BCUT2D eigenvalue weighted by Crippen LogP contribution is 2.40. The molecule has 1 aliphatic heterocycles. The van der Waals surface area contributed by atoms with Crippen molar-refractivity contribution in [1.29, 1.82) is 0 Å². The zero-order valence-electron chi connectivity index (χ0n) is 17.0. The standard InChI is InChI=1S/C26H28N2/c1-5-8-10-20-17(4)11-14-22-23(16-27-26(20)22)24-15-19-13-12-18(7-3)21(9-6-2)25(19)28-24/h5-6,8-14,16,24,27-28H,4,7,15H2,1-3H3/b8-5-,9-6-,20-10+. The van der Waals surface area contributed by atoms with Gasteiger partial charge in [0.05, 0.1) is 11.6 Å². The van der Waals surface area contributed by atoms with Crippen molar-refractivity contribution in [2.24, 2.45) is 0 Å². The van der Waals surface area contributed by atoms with Gasteiger partial charge in [0.25, 0.3) is 0 Å². The Morgan fingerprint density at radius 1 is 1.14 bits per heavy atom. The maximum Gasteiger partial charge on any atom is 0.0576 e. The third-order valence-electron chi connectivity index (χ3n) is 5.73. The van der Waals surface area contributed by atoms with E-state index in [2.05, 4.69) is 85.5 Å². The van der Waals surface area contributed by atoms with Gasteiger partial charge in [-0.05, 0) is 48.6 Å². The predicted octanol–water partition coefficient (Wildman–Crippen LogP) is 5.24. The Labute approximate surface area is 167 Å². The van der Waals surface area contributed by atoms with Crippen LogP contribution in [0.4, 0.5) is 5.69 Å².